The minimum absolute atomic E-state index is 0.0257. The number of carbonyl (C=O) groups is 1. The highest BCUT2D eigenvalue weighted by Gasteiger charge is 2.12. The van der Waals surface area contributed by atoms with Crippen molar-refractivity contribution in [1.29, 1.82) is 0 Å². The lowest BCUT2D eigenvalue weighted by atomic mass is 10.2. The largest absolute Gasteiger partial charge is 0.322 e. The second kappa shape index (κ2) is 6.03. The Labute approximate surface area is 131 Å². The smallest absolute Gasteiger partial charge is 0.258 e. The first-order chi connectivity index (χ1) is 8.97. The fourth-order valence-corrected chi connectivity index (χ4v) is 2.21. The standard InChI is InChI=1S/C13H7Br2ClFNO/c14-7-1-3-9(12(17)5-7)13(19)18-8-2-4-10(15)11(16)6-8/h1-6H,(H,18,19). The van der Waals surface area contributed by atoms with Crippen LogP contribution in [0.25, 0.3) is 0 Å². The number of rotatable bonds is 2. The lowest BCUT2D eigenvalue weighted by molar-refractivity contribution is 0.102. The summed E-state index contributed by atoms with van der Waals surface area (Å²) in [5.74, 6) is -1.11. The average Bonchev–Trinajstić information content (AvgIpc) is 2.33. The molecular weight excluding hydrogens is 400 g/mol. The van der Waals surface area contributed by atoms with Gasteiger partial charge in [0.25, 0.3) is 5.91 Å². The van der Waals surface area contributed by atoms with Gasteiger partial charge in [-0.25, -0.2) is 4.39 Å². The zero-order valence-electron chi connectivity index (χ0n) is 9.38. The zero-order chi connectivity index (χ0) is 14.0. The lowest BCUT2D eigenvalue weighted by Gasteiger charge is -2.07. The Morgan fingerprint density at radius 2 is 1.89 bits per heavy atom. The first-order valence-corrected chi connectivity index (χ1v) is 7.15. The number of nitrogens with one attached hydrogen (secondary N) is 1. The van der Waals surface area contributed by atoms with Gasteiger partial charge in [-0.2, -0.15) is 0 Å². The van der Waals surface area contributed by atoms with E-state index >= 15 is 0 Å². The Kier molecular flexibility index (Phi) is 4.60. The third-order valence-corrected chi connectivity index (χ3v) is 4.08. The molecule has 19 heavy (non-hydrogen) atoms. The van der Waals surface area contributed by atoms with Crippen molar-refractivity contribution in [3.05, 3.63) is 61.7 Å². The molecule has 0 bridgehead atoms. The molecule has 98 valence electrons. The molecule has 0 aliphatic carbocycles. The van der Waals surface area contributed by atoms with Crippen molar-refractivity contribution in [2.45, 2.75) is 0 Å². The normalized spacial score (nSPS) is 10.3. The molecule has 6 heteroatoms. The van der Waals surface area contributed by atoms with Gasteiger partial charge in [0, 0.05) is 14.6 Å². The molecule has 0 radical (unpaired) electrons. The van der Waals surface area contributed by atoms with Gasteiger partial charge in [-0.15, -0.1) is 0 Å². The summed E-state index contributed by atoms with van der Waals surface area (Å²) in [7, 11) is 0. The topological polar surface area (TPSA) is 29.1 Å². The van der Waals surface area contributed by atoms with Crippen LogP contribution in [0, 0.1) is 5.82 Å². The summed E-state index contributed by atoms with van der Waals surface area (Å²) < 4.78 is 14.9. The van der Waals surface area contributed by atoms with Crippen LogP contribution >= 0.6 is 43.5 Å². The van der Waals surface area contributed by atoms with E-state index in [1.807, 2.05) is 0 Å². The highest BCUT2D eigenvalue weighted by Crippen LogP contribution is 2.26. The Balaban J connectivity index is 2.23. The minimum atomic E-state index is -0.588. The van der Waals surface area contributed by atoms with Crippen molar-refractivity contribution in [2.75, 3.05) is 5.32 Å². The SMILES string of the molecule is O=C(Nc1ccc(Br)c(Cl)c1)c1ccc(Br)cc1F. The van der Waals surface area contributed by atoms with Gasteiger partial charge >= 0.3 is 0 Å². The van der Waals surface area contributed by atoms with Crippen molar-refractivity contribution in [1.82, 2.24) is 0 Å². The molecule has 0 aliphatic rings. The van der Waals surface area contributed by atoms with E-state index < -0.39 is 11.7 Å². The molecule has 0 unspecified atom stereocenters. The fraction of sp³-hybridized carbons (Fsp3) is 0. The summed E-state index contributed by atoms with van der Waals surface area (Å²) in [6, 6.07) is 9.21. The predicted molar refractivity (Wildman–Crippen MR) is 81.2 cm³/mol. The first kappa shape index (κ1) is 14.5. The summed E-state index contributed by atoms with van der Waals surface area (Å²) in [5.41, 5.74) is 0.475. The highest BCUT2D eigenvalue weighted by molar-refractivity contribution is 9.10. The van der Waals surface area contributed by atoms with Crippen LogP contribution in [-0.2, 0) is 0 Å². The van der Waals surface area contributed by atoms with E-state index in [-0.39, 0.29) is 5.56 Å². The monoisotopic (exact) mass is 405 g/mol. The van der Waals surface area contributed by atoms with Crippen LogP contribution in [0.4, 0.5) is 10.1 Å². The molecule has 2 rings (SSSR count). The van der Waals surface area contributed by atoms with Gasteiger partial charge in [0.2, 0.25) is 0 Å². The van der Waals surface area contributed by atoms with Crippen molar-refractivity contribution in [3.63, 3.8) is 0 Å². The molecular formula is C13H7Br2ClFNO. The zero-order valence-corrected chi connectivity index (χ0v) is 13.3. The summed E-state index contributed by atoms with van der Waals surface area (Å²) in [5, 5.41) is 3.05. The summed E-state index contributed by atoms with van der Waals surface area (Å²) in [4.78, 5) is 11.9. The van der Waals surface area contributed by atoms with Crippen LogP contribution < -0.4 is 5.32 Å². The van der Waals surface area contributed by atoms with Crippen LogP contribution in [-0.4, -0.2) is 5.91 Å². The lowest BCUT2D eigenvalue weighted by Crippen LogP contribution is -2.13. The third-order valence-electron chi connectivity index (χ3n) is 2.35. The van der Waals surface area contributed by atoms with Crippen molar-refractivity contribution >= 4 is 55.1 Å². The van der Waals surface area contributed by atoms with E-state index in [2.05, 4.69) is 37.2 Å². The van der Waals surface area contributed by atoms with Gasteiger partial charge < -0.3 is 5.32 Å². The molecule has 0 saturated heterocycles. The van der Waals surface area contributed by atoms with Crippen LogP contribution in [0.2, 0.25) is 5.02 Å². The maximum atomic E-state index is 13.6. The van der Waals surface area contributed by atoms with Crippen LogP contribution in [0.15, 0.2) is 45.3 Å². The van der Waals surface area contributed by atoms with E-state index in [0.29, 0.717) is 15.2 Å². The maximum absolute atomic E-state index is 13.6. The molecule has 0 saturated carbocycles. The summed E-state index contributed by atoms with van der Waals surface area (Å²) in [6.45, 7) is 0. The van der Waals surface area contributed by atoms with Gasteiger partial charge in [-0.3, -0.25) is 4.79 Å². The van der Waals surface area contributed by atoms with Crippen molar-refractivity contribution in [3.8, 4) is 0 Å². The molecule has 1 amide bonds. The average molecular weight is 407 g/mol. The van der Waals surface area contributed by atoms with Gasteiger partial charge in [0.15, 0.2) is 0 Å². The van der Waals surface area contributed by atoms with Gasteiger partial charge in [0.05, 0.1) is 10.6 Å². The van der Waals surface area contributed by atoms with E-state index in [1.54, 1.807) is 24.3 Å². The number of halogens is 4. The molecule has 0 spiro atoms. The molecule has 2 aromatic rings. The Morgan fingerprint density at radius 3 is 2.53 bits per heavy atom. The quantitative estimate of drug-likeness (QED) is 0.723. The molecule has 0 fully saturated rings. The van der Waals surface area contributed by atoms with Crippen molar-refractivity contribution in [2.24, 2.45) is 0 Å². The molecule has 0 heterocycles. The van der Waals surface area contributed by atoms with Gasteiger partial charge in [-0.1, -0.05) is 27.5 Å². The van der Waals surface area contributed by atoms with E-state index in [0.717, 1.165) is 4.47 Å². The molecule has 2 aromatic carbocycles. The van der Waals surface area contributed by atoms with Crippen LogP contribution in [0.5, 0.6) is 0 Å². The number of carbonyl (C=O) groups excluding carboxylic acids is 1. The number of benzene rings is 2. The number of anilines is 1. The van der Waals surface area contributed by atoms with Crippen LogP contribution in [0.1, 0.15) is 10.4 Å². The maximum Gasteiger partial charge on any atom is 0.258 e. The molecule has 0 aromatic heterocycles. The van der Waals surface area contributed by atoms with E-state index in [4.69, 9.17) is 11.6 Å². The van der Waals surface area contributed by atoms with Gasteiger partial charge in [-0.05, 0) is 52.3 Å². The highest BCUT2D eigenvalue weighted by atomic mass is 79.9. The Morgan fingerprint density at radius 1 is 1.16 bits per heavy atom. The minimum Gasteiger partial charge on any atom is -0.322 e. The molecule has 0 aliphatic heterocycles. The first-order valence-electron chi connectivity index (χ1n) is 5.19. The third kappa shape index (κ3) is 3.55. The summed E-state index contributed by atoms with van der Waals surface area (Å²) in [6.07, 6.45) is 0. The van der Waals surface area contributed by atoms with Crippen LogP contribution in [0.3, 0.4) is 0 Å². The van der Waals surface area contributed by atoms with E-state index in [9.17, 15) is 9.18 Å². The number of hydrogen-bond donors (Lipinski definition) is 1. The molecule has 0 atom stereocenters. The molecule has 1 N–H and O–H groups in total. The molecule has 2 nitrogen and oxygen atoms in total. The van der Waals surface area contributed by atoms with Gasteiger partial charge in [0.1, 0.15) is 5.82 Å². The Bertz CT molecular complexity index is 649. The number of amides is 1. The fourth-order valence-electron chi connectivity index (χ4n) is 1.45. The summed E-state index contributed by atoms with van der Waals surface area (Å²) >= 11 is 12.3. The second-order valence-electron chi connectivity index (χ2n) is 3.71. The second-order valence-corrected chi connectivity index (χ2v) is 5.88. The Hall–Kier alpha value is -0.910. The van der Waals surface area contributed by atoms with E-state index in [1.165, 1.54) is 12.1 Å². The predicted octanol–water partition coefficient (Wildman–Crippen LogP) is 5.26. The number of hydrogen-bond acceptors (Lipinski definition) is 1. The van der Waals surface area contributed by atoms with Crippen molar-refractivity contribution < 1.29 is 9.18 Å².